The van der Waals surface area contributed by atoms with E-state index in [1.165, 1.54) is 4.90 Å². The highest BCUT2D eigenvalue weighted by molar-refractivity contribution is 7.92. The van der Waals surface area contributed by atoms with Crippen LogP contribution >= 0.6 is 11.6 Å². The summed E-state index contributed by atoms with van der Waals surface area (Å²) in [5, 5.41) is 3.38. The Labute approximate surface area is 236 Å². The van der Waals surface area contributed by atoms with Gasteiger partial charge in [0.05, 0.1) is 11.9 Å². The summed E-state index contributed by atoms with van der Waals surface area (Å²) in [5.74, 6) is -0.843. The summed E-state index contributed by atoms with van der Waals surface area (Å²) in [4.78, 5) is 29.0. The van der Waals surface area contributed by atoms with E-state index >= 15 is 0 Å². The van der Waals surface area contributed by atoms with Crippen LogP contribution in [0.25, 0.3) is 0 Å². The van der Waals surface area contributed by atoms with E-state index in [2.05, 4.69) is 5.32 Å². The third-order valence-electron chi connectivity index (χ3n) is 6.46. The Morgan fingerprint density at radius 2 is 1.56 bits per heavy atom. The van der Waals surface area contributed by atoms with Crippen LogP contribution in [-0.4, -0.2) is 50.0 Å². The largest absolute Gasteiger partial charge is 0.352 e. The predicted molar refractivity (Wildman–Crippen MR) is 157 cm³/mol. The molecule has 0 aromatic heterocycles. The molecule has 9 heteroatoms. The number of carbonyl (C=O) groups excluding carboxylic acids is 2. The normalized spacial score (nSPS) is 12.2. The van der Waals surface area contributed by atoms with E-state index in [1.807, 2.05) is 70.2 Å². The van der Waals surface area contributed by atoms with Gasteiger partial charge < -0.3 is 10.2 Å². The summed E-state index contributed by atoms with van der Waals surface area (Å²) in [6.45, 7) is 7.09. The van der Waals surface area contributed by atoms with Gasteiger partial charge in [0.15, 0.2) is 0 Å². The molecule has 3 aromatic carbocycles. The van der Waals surface area contributed by atoms with E-state index in [1.54, 1.807) is 30.3 Å². The quantitative estimate of drug-likeness (QED) is 0.356. The van der Waals surface area contributed by atoms with Crippen molar-refractivity contribution in [3.63, 3.8) is 0 Å². The molecule has 0 aliphatic rings. The number of nitrogens with zero attached hydrogens (tertiary/aromatic N) is 2. The van der Waals surface area contributed by atoms with Crippen LogP contribution in [0.5, 0.6) is 0 Å². The van der Waals surface area contributed by atoms with Crippen LogP contribution in [0.1, 0.15) is 36.1 Å². The number of carbonyl (C=O) groups is 2. The molecule has 0 saturated carbocycles. The molecule has 0 bridgehead atoms. The Balaban J connectivity index is 2.08. The molecule has 3 aromatic rings. The maximum absolute atomic E-state index is 14.1. The fourth-order valence-electron chi connectivity index (χ4n) is 4.24. The van der Waals surface area contributed by atoms with E-state index in [4.69, 9.17) is 11.6 Å². The Morgan fingerprint density at radius 3 is 2.15 bits per heavy atom. The van der Waals surface area contributed by atoms with Gasteiger partial charge in [-0.15, -0.1) is 0 Å². The summed E-state index contributed by atoms with van der Waals surface area (Å²) in [6.07, 6.45) is 1.32. The lowest BCUT2D eigenvalue weighted by molar-refractivity contribution is -0.140. The number of rotatable bonds is 11. The molecule has 0 fully saturated rings. The second kappa shape index (κ2) is 13.1. The molecule has 0 aliphatic heterocycles. The molecule has 0 spiro atoms. The van der Waals surface area contributed by atoms with Crippen LogP contribution in [0.2, 0.25) is 5.02 Å². The van der Waals surface area contributed by atoms with Gasteiger partial charge in [-0.1, -0.05) is 66.2 Å². The zero-order valence-corrected chi connectivity index (χ0v) is 24.6. The number of aryl methyl sites for hydroxylation is 2. The molecule has 0 radical (unpaired) electrons. The van der Waals surface area contributed by atoms with Gasteiger partial charge in [0.2, 0.25) is 21.8 Å². The predicted octanol–water partition coefficient (Wildman–Crippen LogP) is 4.89. The highest BCUT2D eigenvalue weighted by Gasteiger charge is 2.33. The number of halogens is 1. The molecular weight excluding hydrogens is 534 g/mol. The fourth-order valence-corrected chi connectivity index (χ4v) is 5.28. The maximum atomic E-state index is 14.1. The standard InChI is InChI=1S/C30H36ClN3O4S/c1-21(2)32-30(36)28(18-24-11-7-6-8-12-24)33(19-25-13-9-10-14-27(25)31)29(35)20-34(39(5,37)38)26-16-15-22(3)23(4)17-26/h6-17,21,28H,18-20H2,1-5H3,(H,32,36). The summed E-state index contributed by atoms with van der Waals surface area (Å²) in [5.41, 5.74) is 3.82. The second-order valence-electron chi connectivity index (χ2n) is 10.0. The van der Waals surface area contributed by atoms with Gasteiger partial charge in [0.1, 0.15) is 12.6 Å². The highest BCUT2D eigenvalue weighted by Crippen LogP contribution is 2.24. The number of hydrogen-bond acceptors (Lipinski definition) is 4. The average molecular weight is 570 g/mol. The van der Waals surface area contributed by atoms with Crippen LogP contribution in [-0.2, 0) is 32.6 Å². The van der Waals surface area contributed by atoms with Crippen molar-refractivity contribution in [3.05, 3.63) is 100 Å². The summed E-state index contributed by atoms with van der Waals surface area (Å²) in [7, 11) is -3.82. The minimum Gasteiger partial charge on any atom is -0.352 e. The van der Waals surface area contributed by atoms with E-state index < -0.39 is 28.5 Å². The molecule has 0 aliphatic carbocycles. The number of anilines is 1. The third-order valence-corrected chi connectivity index (χ3v) is 7.97. The minimum atomic E-state index is -3.82. The molecular formula is C30H36ClN3O4S. The van der Waals surface area contributed by atoms with Crippen molar-refractivity contribution in [3.8, 4) is 0 Å². The van der Waals surface area contributed by atoms with Gasteiger partial charge in [-0.25, -0.2) is 8.42 Å². The lowest BCUT2D eigenvalue weighted by Gasteiger charge is -2.34. The zero-order chi connectivity index (χ0) is 28.7. The lowest BCUT2D eigenvalue weighted by Crippen LogP contribution is -2.54. The van der Waals surface area contributed by atoms with Crippen molar-refractivity contribution in [2.24, 2.45) is 0 Å². The summed E-state index contributed by atoms with van der Waals surface area (Å²) < 4.78 is 26.9. The van der Waals surface area contributed by atoms with Gasteiger partial charge in [0, 0.05) is 24.0 Å². The van der Waals surface area contributed by atoms with Crippen molar-refractivity contribution in [2.75, 3.05) is 17.1 Å². The molecule has 2 amide bonds. The second-order valence-corrected chi connectivity index (χ2v) is 12.3. The molecule has 208 valence electrons. The number of nitrogens with one attached hydrogen (secondary N) is 1. The first kappa shape index (κ1) is 30.2. The van der Waals surface area contributed by atoms with Crippen molar-refractivity contribution in [1.82, 2.24) is 10.2 Å². The number of hydrogen-bond donors (Lipinski definition) is 1. The first-order valence-corrected chi connectivity index (χ1v) is 15.0. The molecule has 0 saturated heterocycles. The highest BCUT2D eigenvalue weighted by atomic mass is 35.5. The van der Waals surface area contributed by atoms with Gasteiger partial charge in [-0.05, 0) is 68.1 Å². The topological polar surface area (TPSA) is 86.8 Å². The van der Waals surface area contributed by atoms with Crippen LogP contribution < -0.4 is 9.62 Å². The molecule has 3 rings (SSSR count). The Kier molecular flexibility index (Phi) is 10.2. The fraction of sp³-hybridized carbons (Fsp3) is 0.333. The van der Waals surface area contributed by atoms with Crippen molar-refractivity contribution >= 4 is 39.1 Å². The van der Waals surface area contributed by atoms with Crippen LogP contribution in [0, 0.1) is 13.8 Å². The maximum Gasteiger partial charge on any atom is 0.244 e. The monoisotopic (exact) mass is 569 g/mol. The average Bonchev–Trinajstić information content (AvgIpc) is 2.87. The molecule has 1 N–H and O–H groups in total. The molecule has 1 atom stereocenters. The van der Waals surface area contributed by atoms with E-state index in [0.717, 1.165) is 27.3 Å². The van der Waals surface area contributed by atoms with Crippen molar-refractivity contribution < 1.29 is 18.0 Å². The first-order valence-electron chi connectivity index (χ1n) is 12.8. The van der Waals surface area contributed by atoms with Gasteiger partial charge in [-0.3, -0.25) is 13.9 Å². The molecule has 0 heterocycles. The minimum absolute atomic E-state index is 0.0338. The van der Waals surface area contributed by atoms with Crippen LogP contribution in [0.3, 0.4) is 0 Å². The summed E-state index contributed by atoms with van der Waals surface area (Å²) in [6, 6.07) is 20.7. The molecule has 39 heavy (non-hydrogen) atoms. The van der Waals surface area contributed by atoms with Crippen molar-refractivity contribution in [1.29, 1.82) is 0 Å². The smallest absolute Gasteiger partial charge is 0.244 e. The number of benzene rings is 3. The Hall–Kier alpha value is -3.36. The zero-order valence-electron chi connectivity index (χ0n) is 23.0. The molecule has 1 unspecified atom stereocenters. The number of sulfonamides is 1. The van der Waals surface area contributed by atoms with Crippen LogP contribution in [0.4, 0.5) is 5.69 Å². The van der Waals surface area contributed by atoms with E-state index in [9.17, 15) is 18.0 Å². The van der Waals surface area contributed by atoms with Crippen LogP contribution in [0.15, 0.2) is 72.8 Å². The first-order chi connectivity index (χ1) is 18.4. The SMILES string of the molecule is Cc1ccc(N(CC(=O)N(Cc2ccccc2Cl)C(Cc2ccccc2)C(=O)NC(C)C)S(C)(=O)=O)cc1C. The Morgan fingerprint density at radius 1 is 0.923 bits per heavy atom. The van der Waals surface area contributed by atoms with Gasteiger partial charge in [0.25, 0.3) is 0 Å². The van der Waals surface area contributed by atoms with Gasteiger partial charge in [-0.2, -0.15) is 0 Å². The van der Waals surface area contributed by atoms with E-state index in [-0.39, 0.29) is 24.9 Å². The molecule has 7 nitrogen and oxygen atoms in total. The Bertz CT molecular complexity index is 1410. The van der Waals surface area contributed by atoms with E-state index in [0.29, 0.717) is 16.3 Å². The summed E-state index contributed by atoms with van der Waals surface area (Å²) >= 11 is 6.46. The van der Waals surface area contributed by atoms with Gasteiger partial charge >= 0.3 is 0 Å². The third kappa shape index (κ3) is 8.31. The number of amides is 2. The van der Waals surface area contributed by atoms with Crippen molar-refractivity contribution in [2.45, 2.75) is 52.7 Å². The lowest BCUT2D eigenvalue weighted by atomic mass is 10.0.